The summed E-state index contributed by atoms with van der Waals surface area (Å²) in [7, 11) is 0. The van der Waals surface area contributed by atoms with Crippen molar-refractivity contribution in [3.8, 4) is 0 Å². The fraction of sp³-hybridized carbons (Fsp3) is 0.222. The number of aliphatic hydroxyl groups excluding tert-OH is 2. The van der Waals surface area contributed by atoms with E-state index in [4.69, 9.17) is 0 Å². The van der Waals surface area contributed by atoms with Crippen LogP contribution in [0.15, 0.2) is 66.2 Å². The highest BCUT2D eigenvalue weighted by atomic mass is 16.3. The number of hydrogen-bond acceptors (Lipinski definition) is 2. The predicted octanol–water partition coefficient (Wildman–Crippen LogP) is 3.00. The summed E-state index contributed by atoms with van der Waals surface area (Å²) in [5, 5.41) is 20.5. The van der Waals surface area contributed by atoms with Gasteiger partial charge in [0.2, 0.25) is 0 Å². The number of rotatable bonds is 2. The second-order valence-electron chi connectivity index (χ2n) is 5.17. The Balaban J connectivity index is 2.22. The van der Waals surface area contributed by atoms with E-state index in [1.807, 2.05) is 60.7 Å². The quantitative estimate of drug-likeness (QED) is 0.877. The molecule has 0 aliphatic heterocycles. The zero-order chi connectivity index (χ0) is 13.9. The molecule has 2 unspecified atom stereocenters. The highest BCUT2D eigenvalue weighted by Crippen LogP contribution is 2.36. The van der Waals surface area contributed by atoms with Crippen molar-refractivity contribution in [1.82, 2.24) is 0 Å². The van der Waals surface area contributed by atoms with Crippen molar-refractivity contribution >= 4 is 5.57 Å². The lowest BCUT2D eigenvalue weighted by atomic mass is 9.90. The van der Waals surface area contributed by atoms with Crippen LogP contribution < -0.4 is 0 Å². The minimum Gasteiger partial charge on any atom is -0.389 e. The van der Waals surface area contributed by atoms with Gasteiger partial charge in [-0.3, -0.25) is 0 Å². The maximum atomic E-state index is 10.2. The van der Waals surface area contributed by atoms with Gasteiger partial charge in [-0.05, 0) is 35.1 Å². The Morgan fingerprint density at radius 3 is 1.50 bits per heavy atom. The van der Waals surface area contributed by atoms with E-state index in [1.54, 1.807) is 0 Å². The molecule has 0 radical (unpaired) electrons. The summed E-state index contributed by atoms with van der Waals surface area (Å²) in [4.78, 5) is 0. The van der Waals surface area contributed by atoms with Gasteiger partial charge >= 0.3 is 0 Å². The molecular weight excluding hydrogens is 248 g/mol. The summed E-state index contributed by atoms with van der Waals surface area (Å²) in [6.07, 6.45) is 0.139. The van der Waals surface area contributed by atoms with Gasteiger partial charge < -0.3 is 10.2 Å². The third-order valence-corrected chi connectivity index (χ3v) is 3.85. The molecule has 0 heterocycles. The van der Waals surface area contributed by atoms with E-state index in [-0.39, 0.29) is 0 Å². The van der Waals surface area contributed by atoms with Crippen LogP contribution >= 0.6 is 0 Å². The van der Waals surface area contributed by atoms with Gasteiger partial charge in [-0.2, -0.15) is 0 Å². The molecule has 0 bridgehead atoms. The van der Waals surface area contributed by atoms with Crippen LogP contribution in [0.1, 0.15) is 24.0 Å². The van der Waals surface area contributed by atoms with Gasteiger partial charge in [0, 0.05) is 0 Å². The van der Waals surface area contributed by atoms with Crippen LogP contribution in [-0.4, -0.2) is 22.4 Å². The Bertz CT molecular complexity index is 548. The van der Waals surface area contributed by atoms with Crippen LogP contribution in [0.2, 0.25) is 0 Å². The molecule has 2 aromatic carbocycles. The fourth-order valence-electron chi connectivity index (χ4n) is 2.89. The minimum atomic E-state index is -0.555. The summed E-state index contributed by atoms with van der Waals surface area (Å²) >= 11 is 0. The molecule has 1 fully saturated rings. The lowest BCUT2D eigenvalue weighted by molar-refractivity contribution is 0.199. The summed E-state index contributed by atoms with van der Waals surface area (Å²) in [5.74, 6) is 0. The van der Waals surface area contributed by atoms with E-state index in [0.29, 0.717) is 12.8 Å². The van der Waals surface area contributed by atoms with E-state index in [0.717, 1.165) is 22.3 Å². The lowest BCUT2D eigenvalue weighted by Crippen LogP contribution is -2.13. The minimum absolute atomic E-state index is 0.555. The first-order chi connectivity index (χ1) is 9.77. The molecule has 20 heavy (non-hydrogen) atoms. The van der Waals surface area contributed by atoms with Crippen molar-refractivity contribution in [1.29, 1.82) is 0 Å². The molecule has 1 aliphatic carbocycles. The monoisotopic (exact) mass is 266 g/mol. The van der Waals surface area contributed by atoms with E-state index in [1.165, 1.54) is 0 Å². The summed E-state index contributed by atoms with van der Waals surface area (Å²) < 4.78 is 0. The molecule has 1 aliphatic rings. The smallest absolute Gasteiger partial charge is 0.0785 e. The van der Waals surface area contributed by atoms with Crippen LogP contribution in [-0.2, 0) is 0 Å². The van der Waals surface area contributed by atoms with Crippen molar-refractivity contribution in [2.24, 2.45) is 0 Å². The molecular formula is C18H18O2. The van der Waals surface area contributed by atoms with Crippen LogP contribution in [0.3, 0.4) is 0 Å². The Morgan fingerprint density at radius 1 is 0.700 bits per heavy atom. The average Bonchev–Trinajstić information content (AvgIpc) is 2.82. The predicted molar refractivity (Wildman–Crippen MR) is 80.2 cm³/mol. The molecule has 2 atom stereocenters. The van der Waals surface area contributed by atoms with Crippen LogP contribution in [0.4, 0.5) is 0 Å². The fourth-order valence-corrected chi connectivity index (χ4v) is 2.89. The summed E-state index contributed by atoms with van der Waals surface area (Å²) in [5.41, 5.74) is 3.79. The molecule has 1 saturated carbocycles. The van der Waals surface area contributed by atoms with E-state index >= 15 is 0 Å². The molecule has 3 rings (SSSR count). The SMILES string of the molecule is OC1CCC(O)C1=C(c1ccccc1)c1ccccc1. The van der Waals surface area contributed by atoms with Crippen LogP contribution in [0.5, 0.6) is 0 Å². The van der Waals surface area contributed by atoms with E-state index < -0.39 is 12.2 Å². The standard InChI is InChI=1S/C18H18O2/c19-15-11-12-16(20)18(15)17(13-7-3-1-4-8-13)14-9-5-2-6-10-14/h1-10,15-16,19-20H,11-12H2. The van der Waals surface area contributed by atoms with Gasteiger partial charge in [0.05, 0.1) is 12.2 Å². The van der Waals surface area contributed by atoms with Crippen molar-refractivity contribution in [2.75, 3.05) is 0 Å². The molecule has 0 aromatic heterocycles. The maximum absolute atomic E-state index is 10.2. The third-order valence-electron chi connectivity index (χ3n) is 3.85. The van der Waals surface area contributed by atoms with Gasteiger partial charge in [-0.25, -0.2) is 0 Å². The molecule has 2 nitrogen and oxygen atoms in total. The zero-order valence-corrected chi connectivity index (χ0v) is 11.2. The molecule has 0 amide bonds. The normalized spacial score (nSPS) is 22.0. The number of benzene rings is 2. The van der Waals surface area contributed by atoms with Crippen LogP contribution in [0.25, 0.3) is 5.57 Å². The second-order valence-corrected chi connectivity index (χ2v) is 5.17. The molecule has 0 saturated heterocycles. The molecule has 2 heteroatoms. The number of aliphatic hydroxyl groups is 2. The summed E-state index contributed by atoms with van der Waals surface area (Å²) in [6.45, 7) is 0. The Morgan fingerprint density at radius 2 is 1.10 bits per heavy atom. The molecule has 2 aromatic rings. The zero-order valence-electron chi connectivity index (χ0n) is 11.2. The molecule has 0 spiro atoms. The van der Waals surface area contributed by atoms with Crippen molar-refractivity contribution in [3.05, 3.63) is 77.4 Å². The Hall–Kier alpha value is -1.90. The topological polar surface area (TPSA) is 40.5 Å². The lowest BCUT2D eigenvalue weighted by Gasteiger charge is -2.17. The van der Waals surface area contributed by atoms with Gasteiger partial charge in [-0.1, -0.05) is 60.7 Å². The highest BCUT2D eigenvalue weighted by molar-refractivity contribution is 5.83. The molecule has 102 valence electrons. The first-order valence-electron chi connectivity index (χ1n) is 6.98. The maximum Gasteiger partial charge on any atom is 0.0785 e. The van der Waals surface area contributed by atoms with Crippen molar-refractivity contribution in [2.45, 2.75) is 25.0 Å². The Labute approximate surface area is 119 Å². The third kappa shape index (κ3) is 2.40. The Kier molecular flexibility index (Phi) is 3.68. The van der Waals surface area contributed by atoms with Gasteiger partial charge in [0.25, 0.3) is 0 Å². The van der Waals surface area contributed by atoms with E-state index in [9.17, 15) is 10.2 Å². The first kappa shape index (κ1) is 13.1. The van der Waals surface area contributed by atoms with Crippen molar-refractivity contribution < 1.29 is 10.2 Å². The summed E-state index contributed by atoms with van der Waals surface area (Å²) in [6, 6.07) is 19.9. The van der Waals surface area contributed by atoms with Gasteiger partial charge in [0.15, 0.2) is 0 Å². The molecule has 2 N–H and O–H groups in total. The first-order valence-corrected chi connectivity index (χ1v) is 6.98. The average molecular weight is 266 g/mol. The number of hydrogen-bond donors (Lipinski definition) is 2. The highest BCUT2D eigenvalue weighted by Gasteiger charge is 2.31. The van der Waals surface area contributed by atoms with Crippen LogP contribution in [0, 0.1) is 0 Å². The largest absolute Gasteiger partial charge is 0.389 e. The second kappa shape index (κ2) is 5.61. The van der Waals surface area contributed by atoms with Crippen molar-refractivity contribution in [3.63, 3.8) is 0 Å². The van der Waals surface area contributed by atoms with Gasteiger partial charge in [0.1, 0.15) is 0 Å². The van der Waals surface area contributed by atoms with E-state index in [2.05, 4.69) is 0 Å². The van der Waals surface area contributed by atoms with Gasteiger partial charge in [-0.15, -0.1) is 0 Å².